The van der Waals surface area contributed by atoms with Crippen LogP contribution in [0, 0.1) is 0 Å². The van der Waals surface area contributed by atoms with Crippen LogP contribution in [0.2, 0.25) is 5.02 Å². The average molecular weight is 346 g/mol. The fraction of sp³-hybridized carbons (Fsp3) is 0.333. The molecule has 1 aromatic carbocycles. The molecule has 0 spiro atoms. The fourth-order valence-electron chi connectivity index (χ4n) is 1.79. The van der Waals surface area contributed by atoms with Gasteiger partial charge in [0.1, 0.15) is 0 Å². The summed E-state index contributed by atoms with van der Waals surface area (Å²) in [6.07, 6.45) is 0. The molecule has 0 fully saturated rings. The van der Waals surface area contributed by atoms with Crippen molar-refractivity contribution in [1.29, 1.82) is 0 Å². The van der Waals surface area contributed by atoms with Crippen molar-refractivity contribution in [3.8, 4) is 0 Å². The van der Waals surface area contributed by atoms with Gasteiger partial charge >= 0.3 is 15.2 Å². The lowest BCUT2D eigenvalue weighted by Crippen LogP contribution is -2.40. The number of halogens is 1. The van der Waals surface area contributed by atoms with E-state index in [4.69, 9.17) is 17.3 Å². The molecule has 0 aliphatic rings. The van der Waals surface area contributed by atoms with Crippen LogP contribution in [-0.2, 0) is 9.13 Å². The molecule has 0 heterocycles. The normalized spacial score (nSPS) is 15.2. The Morgan fingerprint density at radius 1 is 1.10 bits per heavy atom. The highest BCUT2D eigenvalue weighted by Gasteiger charge is 2.64. The van der Waals surface area contributed by atoms with Gasteiger partial charge in [0.05, 0.1) is 0 Å². The first-order valence-corrected chi connectivity index (χ1v) is 8.84. The molecule has 0 bridgehead atoms. The van der Waals surface area contributed by atoms with Crippen molar-refractivity contribution in [3.05, 3.63) is 34.9 Å². The van der Waals surface area contributed by atoms with Crippen LogP contribution in [0.3, 0.4) is 0 Å². The molecule has 0 saturated carbocycles. The monoisotopic (exact) mass is 345 g/mol. The second-order valence-electron chi connectivity index (χ2n) is 4.12. The SMILES string of the molecule is NCC(c1ccc(Cl)cc1)C(O)(P(=O)(O)O)P(=O)(O)O. The predicted molar refractivity (Wildman–Crippen MR) is 72.3 cm³/mol. The number of nitrogens with two attached hydrogens (primary N) is 1. The lowest BCUT2D eigenvalue weighted by Gasteiger charge is -2.36. The highest BCUT2D eigenvalue weighted by atomic mass is 35.5. The summed E-state index contributed by atoms with van der Waals surface area (Å²) in [7, 11) is -11.2. The van der Waals surface area contributed by atoms with Crippen molar-refractivity contribution in [2.24, 2.45) is 5.73 Å². The maximum Gasteiger partial charge on any atom is 0.370 e. The first kappa shape index (κ1) is 17.8. The number of hydrogen-bond acceptors (Lipinski definition) is 4. The maximum absolute atomic E-state index is 11.4. The van der Waals surface area contributed by atoms with Gasteiger partial charge in [0.2, 0.25) is 0 Å². The molecular formula is C9H14ClNO7P2. The van der Waals surface area contributed by atoms with Crippen LogP contribution >= 0.6 is 26.8 Å². The molecule has 0 aromatic heterocycles. The van der Waals surface area contributed by atoms with Crippen LogP contribution < -0.4 is 5.73 Å². The Morgan fingerprint density at radius 3 is 1.80 bits per heavy atom. The second-order valence-corrected chi connectivity index (χ2v) is 8.44. The van der Waals surface area contributed by atoms with Gasteiger partial charge in [-0.15, -0.1) is 0 Å². The highest BCUT2D eigenvalue weighted by Crippen LogP contribution is 2.72. The van der Waals surface area contributed by atoms with E-state index in [-0.39, 0.29) is 5.56 Å². The minimum absolute atomic E-state index is 0.0473. The van der Waals surface area contributed by atoms with E-state index in [9.17, 15) is 33.8 Å². The van der Waals surface area contributed by atoms with E-state index in [0.29, 0.717) is 5.02 Å². The van der Waals surface area contributed by atoms with Crippen LogP contribution in [0.25, 0.3) is 0 Å². The van der Waals surface area contributed by atoms with E-state index in [0.717, 1.165) is 0 Å². The summed E-state index contributed by atoms with van der Waals surface area (Å²) in [5.41, 5.74) is 5.39. The Kier molecular flexibility index (Phi) is 5.20. The third-order valence-corrected chi connectivity index (χ3v) is 6.99. The van der Waals surface area contributed by atoms with Crippen molar-refractivity contribution in [1.82, 2.24) is 0 Å². The van der Waals surface area contributed by atoms with Gasteiger partial charge in [-0.3, -0.25) is 9.13 Å². The maximum atomic E-state index is 11.4. The largest absolute Gasteiger partial charge is 0.370 e. The summed E-state index contributed by atoms with van der Waals surface area (Å²) >= 11 is 5.65. The molecular weight excluding hydrogens is 332 g/mol. The molecule has 0 amide bonds. The summed E-state index contributed by atoms with van der Waals surface area (Å²) < 4.78 is 22.8. The van der Waals surface area contributed by atoms with Crippen LogP contribution in [0.4, 0.5) is 0 Å². The average Bonchev–Trinajstić information content (AvgIpc) is 2.29. The van der Waals surface area contributed by atoms with Gasteiger partial charge < -0.3 is 30.4 Å². The van der Waals surface area contributed by atoms with Crippen LogP contribution in [-0.4, -0.2) is 36.3 Å². The lowest BCUT2D eigenvalue weighted by atomic mass is 10.00. The Balaban J connectivity index is 3.49. The predicted octanol–water partition coefficient (Wildman–Crippen LogP) is 0.384. The van der Waals surface area contributed by atoms with Crippen molar-refractivity contribution >= 4 is 26.8 Å². The van der Waals surface area contributed by atoms with Gasteiger partial charge in [-0.2, -0.15) is 0 Å². The van der Waals surface area contributed by atoms with Gasteiger partial charge in [0.25, 0.3) is 5.08 Å². The Labute approximate surface area is 119 Å². The van der Waals surface area contributed by atoms with E-state index >= 15 is 0 Å². The van der Waals surface area contributed by atoms with Crippen molar-refractivity contribution in [3.63, 3.8) is 0 Å². The first-order chi connectivity index (χ1) is 8.95. The number of rotatable bonds is 5. The molecule has 1 atom stereocenters. The fourth-order valence-corrected chi connectivity index (χ4v) is 4.59. The number of hydrogen-bond donors (Lipinski definition) is 6. The Hall–Kier alpha value is -0.270. The van der Waals surface area contributed by atoms with Gasteiger partial charge in [-0.1, -0.05) is 23.7 Å². The van der Waals surface area contributed by atoms with Crippen LogP contribution in [0.1, 0.15) is 11.5 Å². The summed E-state index contributed by atoms with van der Waals surface area (Å²) in [5.74, 6) is -1.67. The summed E-state index contributed by atoms with van der Waals surface area (Å²) in [6.45, 7) is -0.589. The van der Waals surface area contributed by atoms with E-state index in [1.165, 1.54) is 24.3 Å². The Bertz CT molecular complexity index is 544. The zero-order valence-electron chi connectivity index (χ0n) is 10.00. The van der Waals surface area contributed by atoms with E-state index in [1.54, 1.807) is 0 Å². The molecule has 8 nitrogen and oxygen atoms in total. The summed E-state index contributed by atoms with van der Waals surface area (Å²) in [5, 5.41) is 6.74. The van der Waals surface area contributed by atoms with Gasteiger partial charge in [0, 0.05) is 17.5 Å². The molecule has 7 N–H and O–H groups in total. The molecule has 11 heteroatoms. The number of aliphatic hydroxyl groups is 1. The smallest absolute Gasteiger partial charge is 0.367 e. The summed E-state index contributed by atoms with van der Waals surface area (Å²) in [4.78, 5) is 36.7. The molecule has 1 unspecified atom stereocenters. The minimum atomic E-state index is -5.58. The molecule has 0 aliphatic carbocycles. The third kappa shape index (κ3) is 3.14. The molecule has 1 rings (SSSR count). The lowest BCUT2D eigenvalue weighted by molar-refractivity contribution is 0.108. The van der Waals surface area contributed by atoms with E-state index in [2.05, 4.69) is 0 Å². The third-order valence-electron chi connectivity index (χ3n) is 2.83. The van der Waals surface area contributed by atoms with Crippen LogP contribution in [0.5, 0.6) is 0 Å². The van der Waals surface area contributed by atoms with E-state index < -0.39 is 32.7 Å². The molecule has 0 saturated heterocycles. The van der Waals surface area contributed by atoms with Gasteiger partial charge in [-0.05, 0) is 17.7 Å². The topological polar surface area (TPSA) is 161 Å². The van der Waals surface area contributed by atoms with Gasteiger partial charge in [-0.25, -0.2) is 0 Å². The van der Waals surface area contributed by atoms with Gasteiger partial charge in [0.15, 0.2) is 0 Å². The molecule has 0 aliphatic heterocycles. The zero-order valence-corrected chi connectivity index (χ0v) is 12.5. The standard InChI is InChI=1S/C9H14ClNO7P2/c10-7-3-1-6(2-4-7)8(5-11)9(12,19(13,14)15)20(16,17)18/h1-4,8,12H,5,11H2,(H2,13,14,15)(H2,16,17,18). The molecule has 0 radical (unpaired) electrons. The van der Waals surface area contributed by atoms with Crippen molar-refractivity contribution in [2.45, 2.75) is 11.0 Å². The summed E-state index contributed by atoms with van der Waals surface area (Å²) in [6, 6.07) is 5.24. The Morgan fingerprint density at radius 2 is 1.50 bits per heavy atom. The first-order valence-electron chi connectivity index (χ1n) is 5.24. The van der Waals surface area contributed by atoms with Crippen LogP contribution in [0.15, 0.2) is 24.3 Å². The van der Waals surface area contributed by atoms with Crippen molar-refractivity contribution < 1.29 is 33.8 Å². The minimum Gasteiger partial charge on any atom is -0.367 e. The van der Waals surface area contributed by atoms with E-state index in [1.807, 2.05) is 0 Å². The van der Waals surface area contributed by atoms with Crippen molar-refractivity contribution in [2.75, 3.05) is 6.54 Å². The molecule has 114 valence electrons. The second kappa shape index (κ2) is 5.85. The zero-order chi connectivity index (χ0) is 15.8. The number of benzene rings is 1. The molecule has 20 heavy (non-hydrogen) atoms. The molecule has 1 aromatic rings. The quantitative estimate of drug-likeness (QED) is 0.417. The highest BCUT2D eigenvalue weighted by molar-refractivity contribution is 7.72.